The number of halogens is 1. The van der Waals surface area contributed by atoms with E-state index in [9.17, 15) is 4.39 Å². The number of anilines is 1. The van der Waals surface area contributed by atoms with E-state index in [0.29, 0.717) is 23.3 Å². The van der Waals surface area contributed by atoms with Crippen LogP contribution < -0.4 is 4.90 Å². The van der Waals surface area contributed by atoms with Gasteiger partial charge in [0.05, 0.1) is 6.20 Å². The van der Waals surface area contributed by atoms with Gasteiger partial charge >= 0.3 is 0 Å². The molecule has 0 radical (unpaired) electrons. The van der Waals surface area contributed by atoms with Crippen molar-refractivity contribution in [2.45, 2.75) is 6.54 Å². The number of rotatable bonds is 3. The fraction of sp³-hybridized carbons (Fsp3) is 0.214. The lowest BCUT2D eigenvalue weighted by Crippen LogP contribution is -2.18. The maximum atomic E-state index is 13.7. The summed E-state index contributed by atoms with van der Waals surface area (Å²) in [5.41, 5.74) is 1.41. The molecule has 0 fully saturated rings. The summed E-state index contributed by atoms with van der Waals surface area (Å²) in [5.74, 6) is 0.374. The zero-order valence-electron chi connectivity index (χ0n) is 11.3. The van der Waals surface area contributed by atoms with Gasteiger partial charge in [-0.3, -0.25) is 4.68 Å². The molecule has 5 nitrogen and oxygen atoms in total. The van der Waals surface area contributed by atoms with E-state index in [2.05, 4.69) is 15.1 Å². The molecular formula is C14H14FN5. The van der Waals surface area contributed by atoms with E-state index in [4.69, 9.17) is 0 Å². The summed E-state index contributed by atoms with van der Waals surface area (Å²) in [6.45, 7) is 0.649. The standard InChI is InChI=1S/C14H14FN5/c1-19(7-10-6-18-20(2)8-10)14-11-4-3-5-12(15)13(11)16-9-17-14/h3-6,8-9H,7H2,1-2H3. The van der Waals surface area contributed by atoms with Gasteiger partial charge in [-0.15, -0.1) is 0 Å². The first-order valence-electron chi connectivity index (χ1n) is 6.23. The van der Waals surface area contributed by atoms with Crippen molar-refractivity contribution in [3.8, 4) is 0 Å². The van der Waals surface area contributed by atoms with Gasteiger partial charge in [0.25, 0.3) is 0 Å². The molecular weight excluding hydrogens is 257 g/mol. The summed E-state index contributed by atoms with van der Waals surface area (Å²) in [6, 6.07) is 4.90. The Morgan fingerprint density at radius 3 is 2.90 bits per heavy atom. The predicted octanol–water partition coefficient (Wildman–Crippen LogP) is 2.14. The molecule has 0 bridgehead atoms. The molecule has 0 atom stereocenters. The Morgan fingerprint density at radius 2 is 2.15 bits per heavy atom. The first kappa shape index (κ1) is 12.5. The Hall–Kier alpha value is -2.50. The van der Waals surface area contributed by atoms with Gasteiger partial charge in [0, 0.05) is 37.8 Å². The van der Waals surface area contributed by atoms with Crippen molar-refractivity contribution < 1.29 is 4.39 Å². The number of fused-ring (bicyclic) bond motifs is 1. The average Bonchev–Trinajstić information content (AvgIpc) is 2.84. The van der Waals surface area contributed by atoms with Gasteiger partial charge in [-0.2, -0.15) is 5.10 Å². The molecule has 6 heteroatoms. The number of para-hydroxylation sites is 1. The predicted molar refractivity (Wildman–Crippen MR) is 74.8 cm³/mol. The Labute approximate surface area is 115 Å². The second-order valence-corrected chi connectivity index (χ2v) is 4.71. The molecule has 0 aliphatic rings. The molecule has 0 amide bonds. The summed E-state index contributed by atoms with van der Waals surface area (Å²) >= 11 is 0. The largest absolute Gasteiger partial charge is 0.355 e. The topological polar surface area (TPSA) is 46.8 Å². The molecule has 0 spiro atoms. The second kappa shape index (κ2) is 4.88. The lowest BCUT2D eigenvalue weighted by Gasteiger charge is -2.18. The molecule has 0 saturated carbocycles. The van der Waals surface area contributed by atoms with Gasteiger partial charge in [-0.05, 0) is 12.1 Å². The molecule has 20 heavy (non-hydrogen) atoms. The first-order valence-corrected chi connectivity index (χ1v) is 6.23. The molecule has 2 heterocycles. The van der Waals surface area contributed by atoms with Crippen LogP contribution in [0.3, 0.4) is 0 Å². The van der Waals surface area contributed by atoms with E-state index >= 15 is 0 Å². The highest BCUT2D eigenvalue weighted by Gasteiger charge is 2.11. The van der Waals surface area contributed by atoms with Crippen LogP contribution in [-0.4, -0.2) is 26.8 Å². The molecule has 102 valence electrons. The van der Waals surface area contributed by atoms with Crippen molar-refractivity contribution in [3.63, 3.8) is 0 Å². The minimum Gasteiger partial charge on any atom is -0.355 e. The van der Waals surface area contributed by atoms with Crippen LogP contribution >= 0.6 is 0 Å². The normalized spacial score (nSPS) is 10.9. The van der Waals surface area contributed by atoms with Crippen molar-refractivity contribution in [2.75, 3.05) is 11.9 Å². The highest BCUT2D eigenvalue weighted by molar-refractivity contribution is 5.89. The Morgan fingerprint density at radius 1 is 1.30 bits per heavy atom. The fourth-order valence-corrected chi connectivity index (χ4v) is 2.24. The summed E-state index contributed by atoms with van der Waals surface area (Å²) in [6.07, 6.45) is 5.14. The van der Waals surface area contributed by atoms with Crippen LogP contribution in [0.1, 0.15) is 5.56 Å². The van der Waals surface area contributed by atoms with E-state index < -0.39 is 0 Å². The SMILES string of the molecule is CN(Cc1cnn(C)c1)c1ncnc2c(F)cccc12. The lowest BCUT2D eigenvalue weighted by atomic mass is 10.2. The number of nitrogens with zero attached hydrogens (tertiary/aromatic N) is 5. The zero-order chi connectivity index (χ0) is 14.1. The Bertz CT molecular complexity index is 752. The molecule has 0 aliphatic carbocycles. The van der Waals surface area contributed by atoms with Crippen LogP contribution in [0.5, 0.6) is 0 Å². The summed E-state index contributed by atoms with van der Waals surface area (Å²) in [7, 11) is 3.79. The van der Waals surface area contributed by atoms with Crippen LogP contribution in [0.15, 0.2) is 36.9 Å². The summed E-state index contributed by atoms with van der Waals surface area (Å²) in [5, 5.41) is 4.84. The van der Waals surface area contributed by atoms with Crippen LogP contribution in [0.2, 0.25) is 0 Å². The molecule has 0 aliphatic heterocycles. The van der Waals surface area contributed by atoms with Crippen molar-refractivity contribution >= 4 is 16.7 Å². The summed E-state index contributed by atoms with van der Waals surface area (Å²) < 4.78 is 15.5. The van der Waals surface area contributed by atoms with Crippen molar-refractivity contribution in [2.24, 2.45) is 7.05 Å². The first-order chi connectivity index (χ1) is 9.65. The average molecular weight is 271 g/mol. The highest BCUT2D eigenvalue weighted by Crippen LogP contribution is 2.24. The van der Waals surface area contributed by atoms with Gasteiger partial charge < -0.3 is 4.90 Å². The Balaban J connectivity index is 1.99. The zero-order valence-corrected chi connectivity index (χ0v) is 11.3. The maximum Gasteiger partial charge on any atom is 0.149 e. The van der Waals surface area contributed by atoms with Crippen LogP contribution in [0, 0.1) is 5.82 Å². The van der Waals surface area contributed by atoms with Gasteiger partial charge in [-0.25, -0.2) is 14.4 Å². The minimum atomic E-state index is -0.332. The van der Waals surface area contributed by atoms with Gasteiger partial charge in [-0.1, -0.05) is 6.07 Å². The summed E-state index contributed by atoms with van der Waals surface area (Å²) in [4.78, 5) is 10.2. The Kier molecular flexibility index (Phi) is 3.06. The van der Waals surface area contributed by atoms with E-state index in [0.717, 1.165) is 5.56 Å². The fourth-order valence-electron chi connectivity index (χ4n) is 2.24. The lowest BCUT2D eigenvalue weighted by molar-refractivity contribution is 0.636. The molecule has 1 aromatic carbocycles. The highest BCUT2D eigenvalue weighted by atomic mass is 19.1. The molecule has 3 rings (SSSR count). The molecule has 0 unspecified atom stereocenters. The smallest absolute Gasteiger partial charge is 0.149 e. The number of aromatic nitrogens is 4. The minimum absolute atomic E-state index is 0.332. The quantitative estimate of drug-likeness (QED) is 0.732. The molecule has 0 N–H and O–H groups in total. The number of benzene rings is 1. The van der Waals surface area contributed by atoms with Crippen LogP contribution in [0.4, 0.5) is 10.2 Å². The molecule has 2 aromatic heterocycles. The third-order valence-electron chi connectivity index (χ3n) is 3.13. The van der Waals surface area contributed by atoms with Crippen molar-refractivity contribution in [1.29, 1.82) is 0 Å². The van der Waals surface area contributed by atoms with E-state index in [1.54, 1.807) is 16.9 Å². The van der Waals surface area contributed by atoms with Gasteiger partial charge in [0.1, 0.15) is 23.5 Å². The van der Waals surface area contributed by atoms with E-state index in [1.165, 1.54) is 12.4 Å². The third-order valence-corrected chi connectivity index (χ3v) is 3.13. The van der Waals surface area contributed by atoms with Gasteiger partial charge in [0.2, 0.25) is 0 Å². The number of hydrogen-bond donors (Lipinski definition) is 0. The van der Waals surface area contributed by atoms with E-state index in [1.807, 2.05) is 31.3 Å². The monoisotopic (exact) mass is 271 g/mol. The van der Waals surface area contributed by atoms with Gasteiger partial charge in [0.15, 0.2) is 0 Å². The van der Waals surface area contributed by atoms with Crippen LogP contribution in [-0.2, 0) is 13.6 Å². The third kappa shape index (κ3) is 2.20. The van der Waals surface area contributed by atoms with Crippen molar-refractivity contribution in [1.82, 2.24) is 19.7 Å². The van der Waals surface area contributed by atoms with E-state index in [-0.39, 0.29) is 5.82 Å². The molecule has 3 aromatic rings. The number of hydrogen-bond acceptors (Lipinski definition) is 4. The maximum absolute atomic E-state index is 13.7. The second-order valence-electron chi connectivity index (χ2n) is 4.71. The number of aryl methyl sites for hydroxylation is 1. The van der Waals surface area contributed by atoms with Crippen LogP contribution in [0.25, 0.3) is 10.9 Å². The molecule has 0 saturated heterocycles. The van der Waals surface area contributed by atoms with Crippen molar-refractivity contribution in [3.05, 3.63) is 48.3 Å².